The van der Waals surface area contributed by atoms with E-state index in [-0.39, 0.29) is 6.04 Å². The van der Waals surface area contributed by atoms with Crippen molar-refractivity contribution in [2.24, 2.45) is 5.73 Å². The Balaban J connectivity index is 2.34. The molecular weight excluding hydrogens is 140 g/mol. The van der Waals surface area contributed by atoms with Gasteiger partial charge in [-0.3, -0.25) is 0 Å². The molecule has 2 rings (SSSR count). The molecule has 0 saturated heterocycles. The number of hydrogen-bond donors (Lipinski definition) is 1. The Hall–Kier alpha value is -0.900. The Labute approximate surface area is 65.4 Å². The van der Waals surface area contributed by atoms with Crippen molar-refractivity contribution in [2.45, 2.75) is 32.4 Å². The molecule has 0 saturated carbocycles. The molecule has 2 heterocycles. The molecule has 0 aromatic carbocycles. The number of hydrogen-bond acceptors (Lipinski definition) is 3. The molecule has 11 heavy (non-hydrogen) atoms. The van der Waals surface area contributed by atoms with Crippen LogP contribution in [0.3, 0.4) is 0 Å². The van der Waals surface area contributed by atoms with Crippen molar-refractivity contribution >= 4 is 0 Å². The molecule has 1 atom stereocenters. The van der Waals surface area contributed by atoms with Crippen LogP contribution in [0.4, 0.5) is 0 Å². The summed E-state index contributed by atoms with van der Waals surface area (Å²) in [5.74, 6) is 1.94. The minimum absolute atomic E-state index is 0.267. The molecule has 1 aromatic rings. The zero-order valence-corrected chi connectivity index (χ0v) is 6.62. The number of fused-ring (bicyclic) bond motifs is 1. The number of nitrogens with zero attached hydrogens (tertiary/aromatic N) is 3. The van der Waals surface area contributed by atoms with E-state index >= 15 is 0 Å². The summed E-state index contributed by atoms with van der Waals surface area (Å²) in [6, 6.07) is 0.267. The van der Waals surface area contributed by atoms with Crippen molar-refractivity contribution in [3.05, 3.63) is 11.6 Å². The van der Waals surface area contributed by atoms with Gasteiger partial charge in [-0.2, -0.15) is 5.10 Å². The second-order valence-corrected chi connectivity index (χ2v) is 3.06. The summed E-state index contributed by atoms with van der Waals surface area (Å²) in [7, 11) is 0. The fourth-order valence-corrected chi connectivity index (χ4v) is 1.46. The van der Waals surface area contributed by atoms with Crippen molar-refractivity contribution in [2.75, 3.05) is 0 Å². The molecule has 1 aliphatic heterocycles. The molecule has 0 aliphatic carbocycles. The van der Waals surface area contributed by atoms with Gasteiger partial charge in [0.05, 0.1) is 6.54 Å². The minimum Gasteiger partial charge on any atom is -0.326 e. The summed E-state index contributed by atoms with van der Waals surface area (Å²) in [6.07, 6.45) is 2.01. The quantitative estimate of drug-likeness (QED) is 0.563. The molecule has 0 bridgehead atoms. The first-order chi connectivity index (χ1) is 5.25. The van der Waals surface area contributed by atoms with E-state index in [9.17, 15) is 0 Å². The lowest BCUT2D eigenvalue weighted by molar-refractivity contribution is 0.421. The van der Waals surface area contributed by atoms with Gasteiger partial charge < -0.3 is 5.73 Å². The van der Waals surface area contributed by atoms with E-state index in [4.69, 9.17) is 5.73 Å². The van der Waals surface area contributed by atoms with Gasteiger partial charge in [-0.05, 0) is 13.3 Å². The fourth-order valence-electron chi connectivity index (χ4n) is 1.46. The first-order valence-corrected chi connectivity index (χ1v) is 3.91. The maximum absolute atomic E-state index is 5.77. The first kappa shape index (κ1) is 6.79. The average Bonchev–Trinajstić information content (AvgIpc) is 2.27. The standard InChI is InChI=1S/C7H12N4/c1-5-9-7-3-2-6(8)4-11(7)10-5/h6H,2-4,8H2,1H3. The van der Waals surface area contributed by atoms with Crippen molar-refractivity contribution in [3.8, 4) is 0 Å². The highest BCUT2D eigenvalue weighted by molar-refractivity contribution is 4.95. The van der Waals surface area contributed by atoms with Crippen LogP contribution in [0.25, 0.3) is 0 Å². The minimum atomic E-state index is 0.267. The van der Waals surface area contributed by atoms with Gasteiger partial charge in [0.25, 0.3) is 0 Å². The summed E-state index contributed by atoms with van der Waals surface area (Å²) in [5.41, 5.74) is 5.77. The van der Waals surface area contributed by atoms with Crippen LogP contribution in [-0.4, -0.2) is 20.8 Å². The van der Waals surface area contributed by atoms with Crippen molar-refractivity contribution in [1.29, 1.82) is 0 Å². The van der Waals surface area contributed by atoms with Crippen LogP contribution in [0.15, 0.2) is 0 Å². The maximum atomic E-state index is 5.77. The Kier molecular flexibility index (Phi) is 1.42. The van der Waals surface area contributed by atoms with Gasteiger partial charge in [0.2, 0.25) is 0 Å². The summed E-state index contributed by atoms with van der Waals surface area (Å²) >= 11 is 0. The monoisotopic (exact) mass is 152 g/mol. The van der Waals surface area contributed by atoms with E-state index in [1.54, 1.807) is 0 Å². The summed E-state index contributed by atoms with van der Waals surface area (Å²) < 4.78 is 1.92. The fraction of sp³-hybridized carbons (Fsp3) is 0.714. The van der Waals surface area contributed by atoms with Gasteiger partial charge in [-0.25, -0.2) is 9.67 Å². The number of aryl methyl sites for hydroxylation is 2. The van der Waals surface area contributed by atoms with Gasteiger partial charge in [-0.1, -0.05) is 0 Å². The second kappa shape index (κ2) is 2.30. The molecule has 1 unspecified atom stereocenters. The lowest BCUT2D eigenvalue weighted by Crippen LogP contribution is -2.32. The summed E-state index contributed by atoms with van der Waals surface area (Å²) in [6.45, 7) is 2.74. The second-order valence-electron chi connectivity index (χ2n) is 3.06. The highest BCUT2D eigenvalue weighted by Gasteiger charge is 2.16. The molecule has 2 N–H and O–H groups in total. The maximum Gasteiger partial charge on any atom is 0.147 e. The normalized spacial score (nSPS) is 23.3. The largest absolute Gasteiger partial charge is 0.326 e. The smallest absolute Gasteiger partial charge is 0.147 e. The predicted octanol–water partition coefficient (Wildman–Crippen LogP) is -0.140. The third-order valence-electron chi connectivity index (χ3n) is 2.00. The van der Waals surface area contributed by atoms with Gasteiger partial charge in [0.1, 0.15) is 11.6 Å². The van der Waals surface area contributed by atoms with Crippen molar-refractivity contribution in [3.63, 3.8) is 0 Å². The SMILES string of the molecule is Cc1nc2n(n1)CC(N)CC2. The Morgan fingerprint density at radius 3 is 3.27 bits per heavy atom. The molecule has 1 aromatic heterocycles. The van der Waals surface area contributed by atoms with Gasteiger partial charge in [0.15, 0.2) is 0 Å². The van der Waals surface area contributed by atoms with Crippen LogP contribution < -0.4 is 5.73 Å². The Morgan fingerprint density at radius 1 is 1.64 bits per heavy atom. The summed E-state index contributed by atoms with van der Waals surface area (Å²) in [4.78, 5) is 4.28. The van der Waals surface area contributed by atoms with E-state index < -0.39 is 0 Å². The predicted molar refractivity (Wildman–Crippen MR) is 41.1 cm³/mol. The highest BCUT2D eigenvalue weighted by atomic mass is 15.4. The van der Waals surface area contributed by atoms with Gasteiger partial charge in [0, 0.05) is 12.5 Å². The zero-order chi connectivity index (χ0) is 7.84. The molecule has 0 spiro atoms. The van der Waals surface area contributed by atoms with E-state index in [1.807, 2.05) is 11.6 Å². The zero-order valence-electron chi connectivity index (χ0n) is 6.62. The van der Waals surface area contributed by atoms with Crippen LogP contribution in [0.1, 0.15) is 18.1 Å². The van der Waals surface area contributed by atoms with Gasteiger partial charge >= 0.3 is 0 Å². The topological polar surface area (TPSA) is 56.7 Å². The number of aromatic nitrogens is 3. The van der Waals surface area contributed by atoms with Crippen LogP contribution in [0.5, 0.6) is 0 Å². The molecule has 0 amide bonds. The van der Waals surface area contributed by atoms with Crippen LogP contribution in [-0.2, 0) is 13.0 Å². The molecule has 1 aliphatic rings. The number of rotatable bonds is 0. The Bertz CT molecular complexity index is 265. The molecule has 0 fully saturated rings. The molecule has 0 radical (unpaired) electrons. The van der Waals surface area contributed by atoms with Crippen LogP contribution in [0, 0.1) is 6.92 Å². The molecule has 4 nitrogen and oxygen atoms in total. The molecule has 4 heteroatoms. The van der Waals surface area contributed by atoms with E-state index in [1.165, 1.54) is 0 Å². The lowest BCUT2D eigenvalue weighted by atomic mass is 10.1. The molecule has 60 valence electrons. The third kappa shape index (κ3) is 1.14. The van der Waals surface area contributed by atoms with Crippen LogP contribution in [0.2, 0.25) is 0 Å². The molecular formula is C7H12N4. The van der Waals surface area contributed by atoms with Crippen molar-refractivity contribution in [1.82, 2.24) is 14.8 Å². The van der Waals surface area contributed by atoms with E-state index in [0.29, 0.717) is 0 Å². The highest BCUT2D eigenvalue weighted by Crippen LogP contribution is 2.10. The lowest BCUT2D eigenvalue weighted by Gasteiger charge is -2.17. The van der Waals surface area contributed by atoms with Gasteiger partial charge in [-0.15, -0.1) is 0 Å². The first-order valence-electron chi connectivity index (χ1n) is 3.91. The number of nitrogens with two attached hydrogens (primary N) is 1. The van der Waals surface area contributed by atoms with Crippen molar-refractivity contribution < 1.29 is 0 Å². The van der Waals surface area contributed by atoms with E-state index in [2.05, 4.69) is 10.1 Å². The third-order valence-corrected chi connectivity index (χ3v) is 2.00. The van der Waals surface area contributed by atoms with E-state index in [0.717, 1.165) is 31.0 Å². The Morgan fingerprint density at radius 2 is 2.45 bits per heavy atom. The summed E-state index contributed by atoms with van der Waals surface area (Å²) in [5, 5.41) is 4.23. The average molecular weight is 152 g/mol. The van der Waals surface area contributed by atoms with Crippen LogP contribution >= 0.6 is 0 Å².